The highest BCUT2D eigenvalue weighted by molar-refractivity contribution is 7.99. The smallest absolute Gasteiger partial charge is 0.348 e. The average molecular weight is 530 g/mol. The lowest BCUT2D eigenvalue weighted by Crippen LogP contribution is -2.17. The van der Waals surface area contributed by atoms with Crippen LogP contribution in [0, 0.1) is 6.92 Å². The minimum absolute atomic E-state index is 0.0868. The Balaban J connectivity index is 1.52. The van der Waals surface area contributed by atoms with E-state index in [1.807, 2.05) is 35.7 Å². The number of rotatable bonds is 7. The summed E-state index contributed by atoms with van der Waals surface area (Å²) in [5, 5.41) is 5.51. The molecule has 0 radical (unpaired) electrons. The number of thiophene rings is 2. The Morgan fingerprint density at radius 3 is 2.51 bits per heavy atom. The number of aromatic nitrogens is 2. The van der Waals surface area contributed by atoms with Crippen molar-refractivity contribution in [1.82, 2.24) is 9.97 Å². The molecule has 0 bridgehead atoms. The van der Waals surface area contributed by atoms with E-state index in [1.54, 1.807) is 6.92 Å². The number of hydrogen-bond donors (Lipinski definition) is 2. The van der Waals surface area contributed by atoms with Crippen LogP contribution in [-0.4, -0.2) is 47.8 Å². The van der Waals surface area contributed by atoms with Gasteiger partial charge in [0.05, 0.1) is 30.9 Å². The van der Waals surface area contributed by atoms with E-state index in [1.165, 1.54) is 25.6 Å². The fraction of sp³-hybridized carbons (Fsp3) is 0.174. The van der Waals surface area contributed by atoms with Crippen LogP contribution in [0.1, 0.15) is 25.6 Å². The van der Waals surface area contributed by atoms with E-state index in [4.69, 9.17) is 9.47 Å². The van der Waals surface area contributed by atoms with Gasteiger partial charge in [0.2, 0.25) is 5.91 Å². The summed E-state index contributed by atoms with van der Waals surface area (Å²) in [5.74, 6) is -1.83. The number of methoxy groups -OCH3 is 2. The van der Waals surface area contributed by atoms with Crippen molar-refractivity contribution >= 4 is 67.5 Å². The molecule has 0 atom stereocenters. The van der Waals surface area contributed by atoms with Gasteiger partial charge in [-0.2, -0.15) is 0 Å². The first-order chi connectivity index (χ1) is 16.8. The third-order valence-corrected chi connectivity index (χ3v) is 7.94. The van der Waals surface area contributed by atoms with Crippen molar-refractivity contribution in [3.8, 4) is 11.1 Å². The molecule has 1 aromatic carbocycles. The Morgan fingerprint density at radius 2 is 1.83 bits per heavy atom. The summed E-state index contributed by atoms with van der Waals surface area (Å²) < 4.78 is 9.54. The lowest BCUT2D eigenvalue weighted by atomic mass is 10.1. The quantitative estimate of drug-likeness (QED) is 0.206. The Bertz CT molecular complexity index is 1490. The molecule has 0 aliphatic heterocycles. The molecular formula is C23H19N3O6S3. The van der Waals surface area contributed by atoms with E-state index >= 15 is 0 Å². The number of ether oxygens (including phenoxy) is 2. The Hall–Kier alpha value is -3.48. The Kier molecular flexibility index (Phi) is 7.34. The molecule has 12 heteroatoms. The largest absolute Gasteiger partial charge is 0.465 e. The number of nitrogens with zero attached hydrogens (tertiary/aromatic N) is 1. The lowest BCUT2D eigenvalue weighted by Gasteiger charge is -2.06. The summed E-state index contributed by atoms with van der Waals surface area (Å²) in [4.78, 5) is 57.6. The normalized spacial score (nSPS) is 10.8. The summed E-state index contributed by atoms with van der Waals surface area (Å²) in [6.45, 7) is 1.58. The maximum absolute atomic E-state index is 12.8. The van der Waals surface area contributed by atoms with Crippen LogP contribution >= 0.6 is 34.4 Å². The number of anilines is 1. The van der Waals surface area contributed by atoms with E-state index in [0.717, 1.165) is 34.2 Å². The summed E-state index contributed by atoms with van der Waals surface area (Å²) in [7, 11) is 2.44. The van der Waals surface area contributed by atoms with E-state index in [-0.39, 0.29) is 26.8 Å². The molecule has 4 rings (SSSR count). The van der Waals surface area contributed by atoms with E-state index in [9.17, 15) is 19.2 Å². The number of benzene rings is 1. The van der Waals surface area contributed by atoms with Crippen molar-refractivity contribution in [2.75, 3.05) is 25.3 Å². The van der Waals surface area contributed by atoms with Gasteiger partial charge in [-0.25, -0.2) is 14.6 Å². The number of H-pyrrole nitrogens is 1. The second-order valence-electron chi connectivity index (χ2n) is 7.15. The zero-order chi connectivity index (χ0) is 25.1. The molecule has 2 N–H and O–H groups in total. The molecule has 0 aliphatic carbocycles. The third kappa shape index (κ3) is 4.99. The zero-order valence-corrected chi connectivity index (χ0v) is 21.2. The van der Waals surface area contributed by atoms with Crippen molar-refractivity contribution in [1.29, 1.82) is 0 Å². The number of aromatic amines is 1. The number of hydrogen-bond acceptors (Lipinski definition) is 10. The van der Waals surface area contributed by atoms with E-state index < -0.39 is 17.8 Å². The first-order valence-corrected chi connectivity index (χ1v) is 12.8. The van der Waals surface area contributed by atoms with Crippen LogP contribution in [0.3, 0.4) is 0 Å². The van der Waals surface area contributed by atoms with Gasteiger partial charge in [0, 0.05) is 10.9 Å². The second-order valence-corrected chi connectivity index (χ2v) is 9.99. The van der Waals surface area contributed by atoms with Gasteiger partial charge < -0.3 is 19.8 Å². The van der Waals surface area contributed by atoms with Gasteiger partial charge in [-0.3, -0.25) is 9.59 Å². The number of esters is 2. The van der Waals surface area contributed by atoms with Crippen LogP contribution in [0.5, 0.6) is 0 Å². The topological polar surface area (TPSA) is 127 Å². The van der Waals surface area contributed by atoms with Gasteiger partial charge in [0.15, 0.2) is 5.16 Å². The van der Waals surface area contributed by atoms with Crippen LogP contribution in [0.4, 0.5) is 5.00 Å². The molecule has 0 fully saturated rings. The van der Waals surface area contributed by atoms with E-state index in [2.05, 4.69) is 15.3 Å². The highest BCUT2D eigenvalue weighted by Crippen LogP contribution is 2.35. The SMILES string of the molecule is COC(=O)c1sc(NC(=O)CSc2nc3scc(-c4ccccc4)c3c(=O)[nH]2)c(C(=O)OC)c1C. The molecule has 180 valence electrons. The summed E-state index contributed by atoms with van der Waals surface area (Å²) in [5.41, 5.74) is 1.89. The molecule has 4 aromatic rings. The van der Waals surface area contributed by atoms with Gasteiger partial charge >= 0.3 is 11.9 Å². The predicted molar refractivity (Wildman–Crippen MR) is 137 cm³/mol. The average Bonchev–Trinajstić information content (AvgIpc) is 3.43. The first-order valence-electron chi connectivity index (χ1n) is 10.1. The van der Waals surface area contributed by atoms with Gasteiger partial charge in [0.25, 0.3) is 5.56 Å². The van der Waals surface area contributed by atoms with Crippen LogP contribution < -0.4 is 10.9 Å². The molecule has 1 amide bonds. The summed E-state index contributed by atoms with van der Waals surface area (Å²) in [6, 6.07) is 9.56. The number of nitrogens with one attached hydrogen (secondary N) is 2. The number of amides is 1. The van der Waals surface area contributed by atoms with Gasteiger partial charge in [-0.05, 0) is 18.1 Å². The van der Waals surface area contributed by atoms with Gasteiger partial charge in [0.1, 0.15) is 14.7 Å². The van der Waals surface area contributed by atoms with Crippen LogP contribution in [0.15, 0.2) is 45.7 Å². The molecular weight excluding hydrogens is 510 g/mol. The number of thioether (sulfide) groups is 1. The van der Waals surface area contributed by atoms with Crippen molar-refractivity contribution < 1.29 is 23.9 Å². The third-order valence-electron chi connectivity index (χ3n) is 5.01. The maximum Gasteiger partial charge on any atom is 0.348 e. The molecule has 0 saturated carbocycles. The maximum atomic E-state index is 12.8. The minimum atomic E-state index is -0.680. The first kappa shape index (κ1) is 24.6. The fourth-order valence-corrected chi connectivity index (χ4v) is 6.16. The van der Waals surface area contributed by atoms with Crippen LogP contribution in [0.25, 0.3) is 21.3 Å². The molecule has 0 spiro atoms. The lowest BCUT2D eigenvalue weighted by molar-refractivity contribution is -0.113. The predicted octanol–water partition coefficient (Wildman–Crippen LogP) is 4.33. The van der Waals surface area contributed by atoms with E-state index in [0.29, 0.717) is 20.9 Å². The molecule has 9 nitrogen and oxygen atoms in total. The van der Waals surface area contributed by atoms with Crippen molar-refractivity contribution in [2.45, 2.75) is 12.1 Å². The highest BCUT2D eigenvalue weighted by atomic mass is 32.2. The van der Waals surface area contributed by atoms with Crippen molar-refractivity contribution in [3.63, 3.8) is 0 Å². The number of carbonyl (C=O) groups is 3. The molecule has 0 aliphatic rings. The Labute approximate surface area is 211 Å². The fourth-order valence-electron chi connectivity index (χ4n) is 3.36. The van der Waals surface area contributed by atoms with Gasteiger partial charge in [-0.1, -0.05) is 42.1 Å². The summed E-state index contributed by atoms with van der Waals surface area (Å²) in [6.07, 6.45) is 0. The Morgan fingerprint density at radius 1 is 1.11 bits per heavy atom. The highest BCUT2D eigenvalue weighted by Gasteiger charge is 2.26. The van der Waals surface area contributed by atoms with Gasteiger partial charge in [-0.15, -0.1) is 22.7 Å². The van der Waals surface area contributed by atoms with Crippen LogP contribution in [-0.2, 0) is 14.3 Å². The zero-order valence-electron chi connectivity index (χ0n) is 18.8. The van der Waals surface area contributed by atoms with Crippen molar-refractivity contribution in [2.24, 2.45) is 0 Å². The standard InChI is InChI=1S/C23H19N3O6S3/c1-11-15(21(29)31-2)20(35-17(11)22(30)32-3)24-14(27)10-34-23-25-18(28)16-13(9-33-19(16)26-23)12-7-5-4-6-8-12/h4-9H,10H2,1-3H3,(H,24,27)(H,25,26,28). The van der Waals surface area contributed by atoms with Crippen LogP contribution in [0.2, 0.25) is 0 Å². The summed E-state index contributed by atoms with van der Waals surface area (Å²) >= 11 is 3.33. The number of fused-ring (bicyclic) bond motifs is 1. The number of carbonyl (C=O) groups excluding carboxylic acids is 3. The molecule has 3 aromatic heterocycles. The second kappa shape index (κ2) is 10.4. The molecule has 3 heterocycles. The van der Waals surface area contributed by atoms with Crippen molar-refractivity contribution in [3.05, 3.63) is 62.1 Å². The molecule has 35 heavy (non-hydrogen) atoms. The molecule has 0 unspecified atom stereocenters. The minimum Gasteiger partial charge on any atom is -0.465 e. The monoisotopic (exact) mass is 529 g/mol. The molecule has 0 saturated heterocycles.